The summed E-state index contributed by atoms with van der Waals surface area (Å²) in [5.41, 5.74) is -0.802. The first-order valence-electron chi connectivity index (χ1n) is 10.3. The first-order chi connectivity index (χ1) is 14.5. The van der Waals surface area contributed by atoms with Crippen molar-refractivity contribution in [3.8, 4) is 0 Å². The molecule has 0 aromatic heterocycles. The number of aliphatic hydroxyl groups is 1. The molecule has 0 fully saturated rings. The molecule has 0 saturated carbocycles. The molecule has 9 heteroatoms. The average Bonchev–Trinajstić information content (AvgIpc) is 2.93. The van der Waals surface area contributed by atoms with E-state index < -0.39 is 35.9 Å². The van der Waals surface area contributed by atoms with E-state index in [4.69, 9.17) is 30.5 Å². The topological polar surface area (TPSA) is 108 Å². The van der Waals surface area contributed by atoms with E-state index >= 15 is 0 Å². The van der Waals surface area contributed by atoms with Crippen LogP contribution in [-0.2, 0) is 33.3 Å². The van der Waals surface area contributed by atoms with Crippen LogP contribution in [0.4, 0.5) is 0 Å². The smallest absolute Gasteiger partial charge is 0.309 e. The number of carbonyl (C=O) groups excluding carboxylic acids is 3. The van der Waals surface area contributed by atoms with Gasteiger partial charge in [0.25, 0.3) is 6.29 Å². The summed E-state index contributed by atoms with van der Waals surface area (Å²) in [5.74, 6) is -2.49. The van der Waals surface area contributed by atoms with Gasteiger partial charge in [-0.25, -0.2) is 0 Å². The summed E-state index contributed by atoms with van der Waals surface area (Å²) in [6.07, 6.45) is 1.06. The van der Waals surface area contributed by atoms with Crippen molar-refractivity contribution in [1.29, 1.82) is 0 Å². The van der Waals surface area contributed by atoms with Crippen molar-refractivity contribution in [2.75, 3.05) is 12.5 Å². The maximum atomic E-state index is 12.3. The second-order valence-electron chi connectivity index (χ2n) is 8.75. The Morgan fingerprint density at radius 2 is 1.74 bits per heavy atom. The van der Waals surface area contributed by atoms with Gasteiger partial charge in [-0.1, -0.05) is 27.7 Å². The lowest BCUT2D eigenvalue weighted by Crippen LogP contribution is -2.54. The van der Waals surface area contributed by atoms with E-state index in [0.717, 1.165) is 0 Å². The Morgan fingerprint density at radius 3 is 2.29 bits per heavy atom. The van der Waals surface area contributed by atoms with Gasteiger partial charge in [-0.05, 0) is 23.5 Å². The molecule has 8 nitrogen and oxygen atoms in total. The first kappa shape index (κ1) is 25.2. The Morgan fingerprint density at radius 1 is 1.13 bits per heavy atom. The summed E-state index contributed by atoms with van der Waals surface area (Å²) in [6.45, 7) is 8.67. The molecule has 0 saturated heterocycles. The van der Waals surface area contributed by atoms with E-state index in [1.54, 1.807) is 6.08 Å². The number of hydrogen-bond acceptors (Lipinski definition) is 8. The number of alkyl halides is 1. The zero-order chi connectivity index (χ0) is 23.3. The molecule has 1 N–H and O–H groups in total. The lowest BCUT2D eigenvalue weighted by atomic mass is 9.82. The quantitative estimate of drug-likeness (QED) is 0.319. The third-order valence-electron chi connectivity index (χ3n) is 4.98. The predicted octanol–water partition coefficient (Wildman–Crippen LogP) is 2.86. The number of carbonyl (C=O) groups is 3. The molecular weight excluding hydrogens is 428 g/mol. The van der Waals surface area contributed by atoms with Gasteiger partial charge in [-0.3, -0.25) is 14.4 Å². The first-order valence-corrected chi connectivity index (χ1v) is 10.9. The van der Waals surface area contributed by atoms with Crippen molar-refractivity contribution < 1.29 is 38.4 Å². The molecule has 1 aliphatic carbocycles. The van der Waals surface area contributed by atoms with Crippen LogP contribution in [0, 0.1) is 17.8 Å². The lowest BCUT2D eigenvalue weighted by Gasteiger charge is -2.39. The largest absolute Gasteiger partial charge is 0.461 e. The molecule has 1 heterocycles. The Balaban J connectivity index is 2.31. The fourth-order valence-electron chi connectivity index (χ4n) is 3.59. The fraction of sp³-hybridized carbons (Fsp3) is 0.682. The van der Waals surface area contributed by atoms with Crippen molar-refractivity contribution in [3.05, 3.63) is 23.5 Å². The minimum atomic E-state index is -1.77. The second-order valence-corrected chi connectivity index (χ2v) is 9.02. The van der Waals surface area contributed by atoms with Crippen molar-refractivity contribution in [1.82, 2.24) is 0 Å². The van der Waals surface area contributed by atoms with E-state index in [0.29, 0.717) is 11.1 Å². The van der Waals surface area contributed by atoms with Gasteiger partial charge >= 0.3 is 17.9 Å². The van der Waals surface area contributed by atoms with E-state index in [1.165, 1.54) is 13.2 Å². The van der Waals surface area contributed by atoms with Gasteiger partial charge in [-0.15, -0.1) is 11.6 Å². The van der Waals surface area contributed by atoms with E-state index in [1.807, 2.05) is 27.7 Å². The Kier molecular flexibility index (Phi) is 8.54. The molecule has 0 aromatic carbocycles. The maximum absolute atomic E-state index is 12.3. The third-order valence-corrected chi connectivity index (χ3v) is 5.41. The van der Waals surface area contributed by atoms with Gasteiger partial charge in [0.05, 0.1) is 18.1 Å². The van der Waals surface area contributed by atoms with Crippen molar-refractivity contribution in [3.63, 3.8) is 0 Å². The van der Waals surface area contributed by atoms with Gasteiger partial charge < -0.3 is 24.1 Å². The summed E-state index contributed by atoms with van der Waals surface area (Å²) < 4.78 is 21.7. The highest BCUT2D eigenvalue weighted by molar-refractivity contribution is 6.18. The molecule has 0 amide bonds. The minimum Gasteiger partial charge on any atom is -0.461 e. The van der Waals surface area contributed by atoms with E-state index in [2.05, 4.69) is 0 Å². The Labute approximate surface area is 187 Å². The monoisotopic (exact) mass is 458 g/mol. The standard InChI is InChI=1S/C22H31ClO8/c1-12(2)6-18(25)28-9-15-10-29-21(31-19(26)7-13(3)4)20-16(15)8-17(30-14(5)24)22(20,27)11-23/h8,10,12-13,17,20-21,27H,6-7,9,11H2,1-5H3. The van der Waals surface area contributed by atoms with Gasteiger partial charge in [0.1, 0.15) is 12.2 Å². The molecule has 4 atom stereocenters. The third kappa shape index (κ3) is 6.23. The molecule has 0 spiro atoms. The van der Waals surface area contributed by atoms with Gasteiger partial charge in [0.2, 0.25) is 0 Å². The lowest BCUT2D eigenvalue weighted by molar-refractivity contribution is -0.203. The number of halogens is 1. The number of esters is 3. The van der Waals surface area contributed by atoms with Crippen LogP contribution in [0.15, 0.2) is 23.5 Å². The van der Waals surface area contributed by atoms with Crippen LogP contribution in [0.5, 0.6) is 0 Å². The predicted molar refractivity (Wildman–Crippen MR) is 112 cm³/mol. The molecule has 2 aliphatic rings. The minimum absolute atomic E-state index is 0.0712. The number of hydrogen-bond donors (Lipinski definition) is 1. The molecule has 1 aliphatic heterocycles. The Hall–Kier alpha value is -2.06. The van der Waals surface area contributed by atoms with Gasteiger partial charge in [0.15, 0.2) is 6.10 Å². The molecule has 31 heavy (non-hydrogen) atoms. The summed E-state index contributed by atoms with van der Waals surface area (Å²) in [4.78, 5) is 35.8. The molecule has 4 unspecified atom stereocenters. The summed E-state index contributed by atoms with van der Waals surface area (Å²) in [5, 5.41) is 11.3. The highest BCUT2D eigenvalue weighted by atomic mass is 35.5. The summed E-state index contributed by atoms with van der Waals surface area (Å²) in [6, 6.07) is 0. The van der Waals surface area contributed by atoms with Crippen molar-refractivity contribution in [2.45, 2.75) is 65.5 Å². The van der Waals surface area contributed by atoms with Crippen LogP contribution >= 0.6 is 11.6 Å². The van der Waals surface area contributed by atoms with Crippen molar-refractivity contribution >= 4 is 29.5 Å². The van der Waals surface area contributed by atoms with Crippen LogP contribution in [-0.4, -0.2) is 53.5 Å². The molecule has 174 valence electrons. The zero-order valence-corrected chi connectivity index (χ0v) is 19.3. The van der Waals surface area contributed by atoms with Crippen LogP contribution in [0.2, 0.25) is 0 Å². The maximum Gasteiger partial charge on any atom is 0.309 e. The molecule has 2 rings (SSSR count). The highest BCUT2D eigenvalue weighted by Crippen LogP contribution is 2.47. The van der Waals surface area contributed by atoms with Crippen LogP contribution in [0.1, 0.15) is 47.5 Å². The van der Waals surface area contributed by atoms with Crippen molar-refractivity contribution in [2.24, 2.45) is 17.8 Å². The second kappa shape index (κ2) is 10.5. The molecule has 0 aromatic rings. The fourth-order valence-corrected chi connectivity index (χ4v) is 3.91. The highest BCUT2D eigenvalue weighted by Gasteiger charge is 2.58. The number of rotatable bonds is 9. The average molecular weight is 459 g/mol. The zero-order valence-electron chi connectivity index (χ0n) is 18.6. The van der Waals surface area contributed by atoms with Crippen LogP contribution in [0.25, 0.3) is 0 Å². The number of ether oxygens (including phenoxy) is 4. The molecule has 0 radical (unpaired) electrons. The van der Waals surface area contributed by atoms with Gasteiger partial charge in [-0.2, -0.15) is 0 Å². The van der Waals surface area contributed by atoms with Crippen LogP contribution < -0.4 is 0 Å². The van der Waals surface area contributed by atoms with Gasteiger partial charge in [0, 0.05) is 25.3 Å². The van der Waals surface area contributed by atoms with E-state index in [9.17, 15) is 19.5 Å². The summed E-state index contributed by atoms with van der Waals surface area (Å²) in [7, 11) is 0. The van der Waals surface area contributed by atoms with Crippen LogP contribution in [0.3, 0.4) is 0 Å². The normalized spacial score (nSPS) is 27.2. The molecule has 0 bridgehead atoms. The SMILES string of the molecule is CC(=O)OC1C=C2C(COC(=O)CC(C)C)=COC(OC(=O)CC(C)C)C2C1(O)CCl. The summed E-state index contributed by atoms with van der Waals surface area (Å²) >= 11 is 6.09. The van der Waals surface area contributed by atoms with E-state index in [-0.39, 0.29) is 43.1 Å². The Bertz CT molecular complexity index is 757. The number of fused-ring (bicyclic) bond motifs is 1. The molecular formula is C22H31ClO8.